The number of nitrogen functional groups attached to an aromatic ring is 1. The van der Waals surface area contributed by atoms with Crippen LogP contribution in [0.2, 0.25) is 0 Å². The molecule has 6 nitrogen and oxygen atoms in total. The number of aryl methyl sites for hydroxylation is 1. The summed E-state index contributed by atoms with van der Waals surface area (Å²) in [6, 6.07) is 5.34. The molecule has 6 heteroatoms. The topological polar surface area (TPSA) is 85.0 Å². The van der Waals surface area contributed by atoms with Gasteiger partial charge in [-0.1, -0.05) is 0 Å². The van der Waals surface area contributed by atoms with Crippen LogP contribution in [0.5, 0.6) is 0 Å². The molecule has 0 fully saturated rings. The van der Waals surface area contributed by atoms with Crippen molar-refractivity contribution in [2.45, 2.75) is 13.5 Å². The fraction of sp³-hybridized carbons (Fsp3) is 0.231. The minimum atomic E-state index is -0.0909. The Labute approximate surface area is 111 Å². The van der Waals surface area contributed by atoms with E-state index in [4.69, 9.17) is 5.84 Å². The molecule has 0 bridgehead atoms. The van der Waals surface area contributed by atoms with E-state index < -0.39 is 0 Å². The SMILES string of the molecule is Cc1cc(C(=O)NCCn2ccnc2)ccc1NN. The average molecular weight is 259 g/mol. The van der Waals surface area contributed by atoms with Crippen LogP contribution in [0.3, 0.4) is 0 Å². The fourth-order valence-electron chi connectivity index (χ4n) is 1.79. The number of nitrogens with two attached hydrogens (primary N) is 1. The van der Waals surface area contributed by atoms with E-state index in [1.807, 2.05) is 23.8 Å². The zero-order chi connectivity index (χ0) is 13.7. The number of carbonyl (C=O) groups is 1. The van der Waals surface area contributed by atoms with Crippen molar-refractivity contribution in [2.75, 3.05) is 12.0 Å². The van der Waals surface area contributed by atoms with Crippen LogP contribution in [0.4, 0.5) is 5.69 Å². The molecule has 19 heavy (non-hydrogen) atoms. The molecule has 1 aromatic heterocycles. The normalized spacial score (nSPS) is 10.2. The molecule has 1 aromatic carbocycles. The molecule has 0 aliphatic rings. The molecule has 1 heterocycles. The van der Waals surface area contributed by atoms with E-state index in [0.29, 0.717) is 18.7 Å². The number of nitrogens with zero attached hydrogens (tertiary/aromatic N) is 2. The van der Waals surface area contributed by atoms with Gasteiger partial charge in [0.2, 0.25) is 0 Å². The summed E-state index contributed by atoms with van der Waals surface area (Å²) in [5, 5.41) is 2.86. The molecule has 0 saturated carbocycles. The first-order chi connectivity index (χ1) is 9.20. The molecule has 0 spiro atoms. The van der Waals surface area contributed by atoms with Gasteiger partial charge in [-0.3, -0.25) is 10.6 Å². The number of anilines is 1. The van der Waals surface area contributed by atoms with Crippen LogP contribution < -0.4 is 16.6 Å². The maximum Gasteiger partial charge on any atom is 0.251 e. The van der Waals surface area contributed by atoms with Crippen molar-refractivity contribution in [1.29, 1.82) is 0 Å². The van der Waals surface area contributed by atoms with Crippen LogP contribution in [0, 0.1) is 6.92 Å². The molecule has 4 N–H and O–H groups in total. The Kier molecular flexibility index (Phi) is 4.15. The van der Waals surface area contributed by atoms with E-state index in [1.54, 1.807) is 24.7 Å². The molecule has 100 valence electrons. The highest BCUT2D eigenvalue weighted by atomic mass is 16.1. The van der Waals surface area contributed by atoms with Gasteiger partial charge in [0, 0.05) is 31.0 Å². The number of rotatable bonds is 5. The fourth-order valence-corrected chi connectivity index (χ4v) is 1.79. The maximum atomic E-state index is 11.9. The van der Waals surface area contributed by atoms with E-state index in [1.165, 1.54) is 0 Å². The van der Waals surface area contributed by atoms with Gasteiger partial charge in [0.1, 0.15) is 0 Å². The number of carbonyl (C=O) groups excluding carboxylic acids is 1. The van der Waals surface area contributed by atoms with Crippen molar-refractivity contribution >= 4 is 11.6 Å². The number of imidazole rings is 1. The van der Waals surface area contributed by atoms with Gasteiger partial charge in [-0.25, -0.2) is 4.98 Å². The first-order valence-electron chi connectivity index (χ1n) is 6.02. The second kappa shape index (κ2) is 6.01. The highest BCUT2D eigenvalue weighted by molar-refractivity contribution is 5.94. The van der Waals surface area contributed by atoms with Gasteiger partial charge >= 0.3 is 0 Å². The number of hydrogen-bond donors (Lipinski definition) is 3. The van der Waals surface area contributed by atoms with Crippen LogP contribution in [-0.2, 0) is 6.54 Å². The second-order valence-corrected chi connectivity index (χ2v) is 4.23. The molecule has 0 aliphatic carbocycles. The summed E-state index contributed by atoms with van der Waals surface area (Å²) in [6.45, 7) is 3.16. The summed E-state index contributed by atoms with van der Waals surface area (Å²) >= 11 is 0. The first-order valence-corrected chi connectivity index (χ1v) is 6.02. The lowest BCUT2D eigenvalue weighted by Crippen LogP contribution is -2.27. The first kappa shape index (κ1) is 13.1. The largest absolute Gasteiger partial charge is 0.350 e. The Morgan fingerprint density at radius 2 is 2.32 bits per heavy atom. The zero-order valence-corrected chi connectivity index (χ0v) is 10.8. The van der Waals surface area contributed by atoms with Crippen molar-refractivity contribution in [3.8, 4) is 0 Å². The number of hydrogen-bond acceptors (Lipinski definition) is 4. The third-order valence-corrected chi connectivity index (χ3v) is 2.86. The predicted octanol–water partition coefficient (Wildman–Crippen LogP) is 0.907. The van der Waals surface area contributed by atoms with Gasteiger partial charge in [-0.2, -0.15) is 0 Å². The number of amides is 1. The highest BCUT2D eigenvalue weighted by Crippen LogP contribution is 2.14. The van der Waals surface area contributed by atoms with Crippen LogP contribution in [-0.4, -0.2) is 22.0 Å². The minimum absolute atomic E-state index is 0.0909. The quantitative estimate of drug-likeness (QED) is 0.550. The minimum Gasteiger partial charge on any atom is -0.350 e. The molecule has 1 amide bonds. The molecule has 0 saturated heterocycles. The Morgan fingerprint density at radius 3 is 2.95 bits per heavy atom. The van der Waals surface area contributed by atoms with Crippen molar-refractivity contribution in [2.24, 2.45) is 5.84 Å². The summed E-state index contributed by atoms with van der Waals surface area (Å²) in [5.41, 5.74) is 4.96. The molecule has 2 rings (SSSR count). The Morgan fingerprint density at radius 1 is 1.47 bits per heavy atom. The van der Waals surface area contributed by atoms with Gasteiger partial charge in [-0.05, 0) is 30.7 Å². The summed E-state index contributed by atoms with van der Waals surface area (Å²) in [5.74, 6) is 5.26. The highest BCUT2D eigenvalue weighted by Gasteiger charge is 2.06. The molecule has 0 aliphatic heterocycles. The molecule has 0 unspecified atom stereocenters. The summed E-state index contributed by atoms with van der Waals surface area (Å²) in [6.07, 6.45) is 5.29. The molecule has 0 radical (unpaired) electrons. The third kappa shape index (κ3) is 3.32. The van der Waals surface area contributed by atoms with Gasteiger partial charge in [-0.15, -0.1) is 0 Å². The number of nitrogens with one attached hydrogen (secondary N) is 2. The molecular weight excluding hydrogens is 242 g/mol. The monoisotopic (exact) mass is 259 g/mol. The average Bonchev–Trinajstić information content (AvgIpc) is 2.91. The standard InChI is InChI=1S/C13H17N5O/c1-10-8-11(2-3-12(10)17-14)13(19)16-5-7-18-6-4-15-9-18/h2-4,6,8-9,17H,5,7,14H2,1H3,(H,16,19). The smallest absolute Gasteiger partial charge is 0.251 e. The van der Waals surface area contributed by atoms with Gasteiger partial charge in [0.25, 0.3) is 5.91 Å². The Balaban J connectivity index is 1.91. The lowest BCUT2D eigenvalue weighted by Gasteiger charge is -2.09. The van der Waals surface area contributed by atoms with Crippen LogP contribution >= 0.6 is 0 Å². The van der Waals surface area contributed by atoms with Crippen molar-refractivity contribution in [1.82, 2.24) is 14.9 Å². The lowest BCUT2D eigenvalue weighted by molar-refractivity contribution is 0.0952. The van der Waals surface area contributed by atoms with Gasteiger partial charge in [0.15, 0.2) is 0 Å². The van der Waals surface area contributed by atoms with E-state index in [0.717, 1.165) is 11.3 Å². The predicted molar refractivity (Wildman–Crippen MR) is 73.5 cm³/mol. The van der Waals surface area contributed by atoms with Gasteiger partial charge < -0.3 is 15.3 Å². The van der Waals surface area contributed by atoms with E-state index in [9.17, 15) is 4.79 Å². The number of benzene rings is 1. The summed E-state index contributed by atoms with van der Waals surface area (Å²) in [7, 11) is 0. The summed E-state index contributed by atoms with van der Waals surface area (Å²) in [4.78, 5) is 15.9. The van der Waals surface area contributed by atoms with Gasteiger partial charge in [0.05, 0.1) is 12.0 Å². The van der Waals surface area contributed by atoms with Crippen molar-refractivity contribution in [3.05, 3.63) is 48.0 Å². The number of hydrazine groups is 1. The lowest BCUT2D eigenvalue weighted by atomic mass is 10.1. The molecular formula is C13H17N5O. The van der Waals surface area contributed by atoms with Crippen molar-refractivity contribution in [3.63, 3.8) is 0 Å². The van der Waals surface area contributed by atoms with E-state index in [-0.39, 0.29) is 5.91 Å². The van der Waals surface area contributed by atoms with E-state index >= 15 is 0 Å². The van der Waals surface area contributed by atoms with Crippen molar-refractivity contribution < 1.29 is 4.79 Å². The Hall–Kier alpha value is -2.34. The van der Waals surface area contributed by atoms with E-state index in [2.05, 4.69) is 15.7 Å². The molecule has 2 aromatic rings. The summed E-state index contributed by atoms with van der Waals surface area (Å²) < 4.78 is 1.91. The second-order valence-electron chi connectivity index (χ2n) is 4.23. The third-order valence-electron chi connectivity index (χ3n) is 2.86. The molecule has 0 atom stereocenters. The van der Waals surface area contributed by atoms with Crippen LogP contribution in [0.1, 0.15) is 15.9 Å². The zero-order valence-electron chi connectivity index (χ0n) is 10.8. The van der Waals surface area contributed by atoms with Crippen LogP contribution in [0.25, 0.3) is 0 Å². The maximum absolute atomic E-state index is 11.9. The Bertz CT molecular complexity index is 550. The number of aromatic nitrogens is 2. The van der Waals surface area contributed by atoms with Crippen LogP contribution in [0.15, 0.2) is 36.9 Å².